The summed E-state index contributed by atoms with van der Waals surface area (Å²) in [6, 6.07) is 16.7. The van der Waals surface area contributed by atoms with Crippen LogP contribution in [0.2, 0.25) is 5.02 Å². The van der Waals surface area contributed by atoms with E-state index in [-0.39, 0.29) is 17.4 Å². The fourth-order valence-corrected chi connectivity index (χ4v) is 6.14. The van der Waals surface area contributed by atoms with E-state index in [0.717, 1.165) is 16.0 Å². The topological polar surface area (TPSA) is 89.0 Å². The van der Waals surface area contributed by atoms with Crippen molar-refractivity contribution in [1.82, 2.24) is 4.98 Å². The number of hydrogen-bond donors (Lipinski definition) is 1. The molecule has 186 valence electrons. The molecule has 1 saturated heterocycles. The Hall–Kier alpha value is -3.88. The molecule has 1 aromatic heterocycles. The molecule has 2 aliphatic heterocycles. The molecule has 3 aromatic carbocycles. The van der Waals surface area contributed by atoms with Gasteiger partial charge in [-0.2, -0.15) is 0 Å². The number of fused-ring (bicyclic) bond motifs is 2. The van der Waals surface area contributed by atoms with Gasteiger partial charge < -0.3 is 14.6 Å². The van der Waals surface area contributed by atoms with Crippen LogP contribution in [0.4, 0.5) is 5.13 Å². The Kier molecular flexibility index (Phi) is 5.66. The summed E-state index contributed by atoms with van der Waals surface area (Å²) in [6.45, 7) is 1.97. The summed E-state index contributed by atoms with van der Waals surface area (Å²) < 4.78 is 12.0. The van der Waals surface area contributed by atoms with Crippen LogP contribution >= 0.6 is 22.9 Å². The van der Waals surface area contributed by atoms with E-state index in [4.69, 9.17) is 21.1 Å². The molecule has 0 unspecified atom stereocenters. The zero-order valence-corrected chi connectivity index (χ0v) is 21.5. The number of thiazole rings is 1. The summed E-state index contributed by atoms with van der Waals surface area (Å²) in [7, 11) is 1.54. The molecule has 0 spiro atoms. The van der Waals surface area contributed by atoms with Crippen molar-refractivity contribution in [3.05, 3.63) is 87.9 Å². The molecule has 6 rings (SSSR count). The maximum atomic E-state index is 13.5. The summed E-state index contributed by atoms with van der Waals surface area (Å²) in [6.07, 6.45) is 0.723. The van der Waals surface area contributed by atoms with Crippen LogP contribution in [0.15, 0.2) is 66.2 Å². The Morgan fingerprint density at radius 2 is 2.00 bits per heavy atom. The first-order valence-corrected chi connectivity index (χ1v) is 12.8. The number of aromatic nitrogens is 1. The third kappa shape index (κ3) is 3.93. The van der Waals surface area contributed by atoms with Crippen molar-refractivity contribution < 1.29 is 24.2 Å². The molecule has 37 heavy (non-hydrogen) atoms. The molecule has 0 saturated carbocycles. The van der Waals surface area contributed by atoms with E-state index >= 15 is 0 Å². The summed E-state index contributed by atoms with van der Waals surface area (Å²) in [5, 5.41) is 12.4. The number of halogens is 1. The first kappa shape index (κ1) is 23.5. The lowest BCUT2D eigenvalue weighted by atomic mass is 9.94. The average molecular weight is 533 g/mol. The fraction of sp³-hybridized carbons (Fsp3) is 0.179. The lowest BCUT2D eigenvalue weighted by Gasteiger charge is -2.23. The number of aliphatic hydroxyl groups is 1. The molecule has 0 bridgehead atoms. The molecule has 3 heterocycles. The average Bonchev–Trinajstić information content (AvgIpc) is 3.55. The van der Waals surface area contributed by atoms with Gasteiger partial charge in [0.05, 0.1) is 28.9 Å². The second kappa shape index (κ2) is 8.90. The van der Waals surface area contributed by atoms with Crippen LogP contribution < -0.4 is 14.4 Å². The third-order valence-corrected chi connectivity index (χ3v) is 7.82. The molecule has 0 radical (unpaired) electrons. The second-order valence-corrected chi connectivity index (χ2v) is 10.5. The standard InChI is InChI=1S/C28H21ClN2O5S/c1-14-10-17-11-16(6-9-21(17)36-14)25(32)23-24(15-4-3-5-19(12-15)35-2)31(27(34)26(23)33)28-30-20-8-7-18(29)13-22(20)37-28/h3-9,11-14,24,32H,10H2,1-2H3/b25-23+/t14-,24-/m0/s1. The lowest BCUT2D eigenvalue weighted by molar-refractivity contribution is -0.132. The van der Waals surface area contributed by atoms with Crippen LogP contribution in [0.5, 0.6) is 11.5 Å². The maximum absolute atomic E-state index is 13.5. The van der Waals surface area contributed by atoms with E-state index in [1.54, 1.807) is 61.7 Å². The van der Waals surface area contributed by atoms with Crippen LogP contribution in [0, 0.1) is 0 Å². The lowest BCUT2D eigenvalue weighted by Crippen LogP contribution is -2.29. The van der Waals surface area contributed by atoms with Crippen LogP contribution in [-0.4, -0.2) is 35.0 Å². The smallest absolute Gasteiger partial charge is 0.301 e. The SMILES string of the molecule is COc1cccc([C@H]2/C(=C(\O)c3ccc4c(c3)C[C@H](C)O4)C(=O)C(=O)N2c2nc3ccc(Cl)cc3s2)c1. The van der Waals surface area contributed by atoms with Crippen molar-refractivity contribution in [2.24, 2.45) is 0 Å². The number of amides is 1. The minimum atomic E-state index is -0.908. The number of Topliss-reactive ketones (excluding diaryl/α,β-unsaturated/α-hetero) is 1. The van der Waals surface area contributed by atoms with Gasteiger partial charge in [0, 0.05) is 17.0 Å². The van der Waals surface area contributed by atoms with Crippen molar-refractivity contribution in [3.8, 4) is 11.5 Å². The molecule has 1 N–H and O–H groups in total. The van der Waals surface area contributed by atoms with Gasteiger partial charge in [-0.3, -0.25) is 14.5 Å². The fourth-order valence-electron chi connectivity index (χ4n) is 4.87. The van der Waals surface area contributed by atoms with E-state index in [2.05, 4.69) is 4.98 Å². The summed E-state index contributed by atoms with van der Waals surface area (Å²) in [5.74, 6) is -0.490. The van der Waals surface area contributed by atoms with Crippen LogP contribution in [0.3, 0.4) is 0 Å². The Morgan fingerprint density at radius 3 is 2.81 bits per heavy atom. The number of aliphatic hydroxyl groups excluding tert-OH is 1. The Balaban J connectivity index is 1.54. The molecule has 2 aliphatic rings. The molecule has 7 nitrogen and oxygen atoms in total. The number of carbonyl (C=O) groups is 2. The zero-order valence-electron chi connectivity index (χ0n) is 19.9. The maximum Gasteiger partial charge on any atom is 0.301 e. The van der Waals surface area contributed by atoms with Gasteiger partial charge in [-0.05, 0) is 66.6 Å². The monoisotopic (exact) mass is 532 g/mol. The number of hydrogen-bond acceptors (Lipinski definition) is 7. The molecular weight excluding hydrogens is 512 g/mol. The van der Waals surface area contributed by atoms with Gasteiger partial charge in [-0.25, -0.2) is 4.98 Å². The van der Waals surface area contributed by atoms with Crippen LogP contribution in [0.1, 0.15) is 29.7 Å². The molecule has 1 amide bonds. The van der Waals surface area contributed by atoms with E-state index in [0.29, 0.717) is 39.0 Å². The summed E-state index contributed by atoms with van der Waals surface area (Å²) >= 11 is 7.41. The molecule has 4 aromatic rings. The van der Waals surface area contributed by atoms with Gasteiger partial charge in [0.2, 0.25) is 0 Å². The minimum absolute atomic E-state index is 0.0116. The normalized spacial score (nSPS) is 20.4. The van der Waals surface area contributed by atoms with Gasteiger partial charge in [0.1, 0.15) is 23.4 Å². The Labute approximate surface area is 221 Å². The van der Waals surface area contributed by atoms with E-state index in [9.17, 15) is 14.7 Å². The second-order valence-electron chi connectivity index (χ2n) is 9.01. The molecule has 2 atom stereocenters. The molecule has 0 aliphatic carbocycles. The highest BCUT2D eigenvalue weighted by molar-refractivity contribution is 7.22. The number of ketones is 1. The van der Waals surface area contributed by atoms with Crippen molar-refractivity contribution >= 4 is 55.7 Å². The number of carbonyl (C=O) groups excluding carboxylic acids is 2. The van der Waals surface area contributed by atoms with Crippen LogP contribution in [0.25, 0.3) is 16.0 Å². The zero-order chi connectivity index (χ0) is 25.8. The first-order chi connectivity index (χ1) is 17.8. The quantitative estimate of drug-likeness (QED) is 0.200. The number of benzene rings is 3. The largest absolute Gasteiger partial charge is 0.507 e. The molecule has 9 heteroatoms. The summed E-state index contributed by atoms with van der Waals surface area (Å²) in [5.41, 5.74) is 2.63. The Morgan fingerprint density at radius 1 is 1.16 bits per heavy atom. The number of nitrogens with zero attached hydrogens (tertiary/aromatic N) is 2. The highest BCUT2D eigenvalue weighted by Crippen LogP contribution is 2.45. The van der Waals surface area contributed by atoms with Crippen molar-refractivity contribution in [1.29, 1.82) is 0 Å². The first-order valence-electron chi connectivity index (χ1n) is 11.6. The van der Waals surface area contributed by atoms with E-state index < -0.39 is 17.7 Å². The van der Waals surface area contributed by atoms with Crippen molar-refractivity contribution in [2.75, 3.05) is 12.0 Å². The highest BCUT2D eigenvalue weighted by atomic mass is 35.5. The number of ether oxygens (including phenoxy) is 2. The van der Waals surface area contributed by atoms with Gasteiger partial charge in [0.25, 0.3) is 5.78 Å². The highest BCUT2D eigenvalue weighted by Gasteiger charge is 2.48. The number of rotatable bonds is 4. The summed E-state index contributed by atoms with van der Waals surface area (Å²) in [4.78, 5) is 32.9. The minimum Gasteiger partial charge on any atom is -0.507 e. The van der Waals surface area contributed by atoms with E-state index in [1.807, 2.05) is 13.0 Å². The molecular formula is C28H21ClN2O5S. The van der Waals surface area contributed by atoms with Gasteiger partial charge in [-0.1, -0.05) is 35.1 Å². The number of methoxy groups -OCH3 is 1. The van der Waals surface area contributed by atoms with Gasteiger partial charge >= 0.3 is 5.91 Å². The van der Waals surface area contributed by atoms with E-state index in [1.165, 1.54) is 16.2 Å². The van der Waals surface area contributed by atoms with Crippen molar-refractivity contribution in [2.45, 2.75) is 25.5 Å². The van der Waals surface area contributed by atoms with Crippen molar-refractivity contribution in [3.63, 3.8) is 0 Å². The van der Waals surface area contributed by atoms with Gasteiger partial charge in [-0.15, -0.1) is 0 Å². The van der Waals surface area contributed by atoms with Gasteiger partial charge in [0.15, 0.2) is 5.13 Å². The number of anilines is 1. The predicted octanol–water partition coefficient (Wildman–Crippen LogP) is 5.91. The Bertz CT molecular complexity index is 1630. The third-order valence-electron chi connectivity index (χ3n) is 6.57. The predicted molar refractivity (Wildman–Crippen MR) is 143 cm³/mol. The van der Waals surface area contributed by atoms with Crippen LogP contribution in [-0.2, 0) is 16.0 Å². The molecule has 1 fully saturated rings.